The monoisotopic (exact) mass is 332 g/mol. The minimum Gasteiger partial charge on any atom is -0.343 e. The summed E-state index contributed by atoms with van der Waals surface area (Å²) in [4.78, 5) is 28.2. The highest BCUT2D eigenvalue weighted by Crippen LogP contribution is 2.17. The van der Waals surface area contributed by atoms with Crippen LogP contribution in [0, 0.1) is 6.92 Å². The number of thiophene rings is 1. The molecular formula is C18H24N2O2S. The molecule has 1 amide bonds. The molecule has 2 heterocycles. The van der Waals surface area contributed by atoms with Gasteiger partial charge < -0.3 is 9.47 Å². The number of hydrogen-bond acceptors (Lipinski definition) is 3. The third-order valence-corrected chi connectivity index (χ3v) is 4.98. The summed E-state index contributed by atoms with van der Waals surface area (Å²) >= 11 is 1.69. The molecule has 2 aromatic rings. The number of rotatable bonds is 6. The van der Waals surface area contributed by atoms with Crippen LogP contribution in [0.25, 0.3) is 0 Å². The quantitative estimate of drug-likeness (QED) is 0.814. The molecule has 0 aliphatic heterocycles. The molecule has 0 spiro atoms. The van der Waals surface area contributed by atoms with E-state index in [1.54, 1.807) is 22.3 Å². The zero-order valence-electron chi connectivity index (χ0n) is 14.3. The van der Waals surface area contributed by atoms with Crippen molar-refractivity contribution in [3.8, 4) is 0 Å². The van der Waals surface area contributed by atoms with E-state index in [2.05, 4.69) is 10.6 Å². The standard InChI is InChI=1S/C18H24N2O2S/c1-5-15-17(18(22)19(6-2)7-3)16(21)11-13(4)20(15)12-14-9-8-10-23-14/h8-11H,5-7,12H2,1-4H3. The molecule has 0 bridgehead atoms. The van der Waals surface area contributed by atoms with Gasteiger partial charge in [-0.05, 0) is 38.6 Å². The Morgan fingerprint density at radius 3 is 2.48 bits per heavy atom. The van der Waals surface area contributed by atoms with Crippen molar-refractivity contribution in [2.75, 3.05) is 13.1 Å². The number of hydrogen-bond donors (Lipinski definition) is 0. The molecule has 0 radical (unpaired) electrons. The van der Waals surface area contributed by atoms with Gasteiger partial charge in [-0.25, -0.2) is 0 Å². The Bertz CT molecular complexity index is 728. The molecule has 0 fully saturated rings. The van der Waals surface area contributed by atoms with Crippen LogP contribution >= 0.6 is 11.3 Å². The van der Waals surface area contributed by atoms with Gasteiger partial charge in [0.1, 0.15) is 5.56 Å². The Hall–Kier alpha value is -1.88. The summed E-state index contributed by atoms with van der Waals surface area (Å²) in [7, 11) is 0. The Balaban J connectivity index is 2.58. The predicted molar refractivity (Wildman–Crippen MR) is 95.5 cm³/mol. The Morgan fingerprint density at radius 2 is 1.96 bits per heavy atom. The minimum absolute atomic E-state index is 0.156. The zero-order chi connectivity index (χ0) is 17.0. The average Bonchev–Trinajstić information content (AvgIpc) is 3.03. The fraction of sp³-hybridized carbons (Fsp3) is 0.444. The van der Waals surface area contributed by atoms with Gasteiger partial charge in [0.2, 0.25) is 0 Å². The van der Waals surface area contributed by atoms with Gasteiger partial charge in [-0.1, -0.05) is 13.0 Å². The molecule has 2 aromatic heterocycles. The van der Waals surface area contributed by atoms with Crippen LogP contribution in [-0.4, -0.2) is 28.5 Å². The van der Waals surface area contributed by atoms with Crippen LogP contribution in [0.2, 0.25) is 0 Å². The maximum Gasteiger partial charge on any atom is 0.259 e. The SMILES string of the molecule is CCc1c(C(=O)N(CC)CC)c(=O)cc(C)n1Cc1cccs1. The summed E-state index contributed by atoms with van der Waals surface area (Å²) in [6, 6.07) is 5.68. The predicted octanol–water partition coefficient (Wildman–Crippen LogP) is 3.31. The van der Waals surface area contributed by atoms with Gasteiger partial charge >= 0.3 is 0 Å². The first-order valence-electron chi connectivity index (χ1n) is 8.08. The normalized spacial score (nSPS) is 10.8. The largest absolute Gasteiger partial charge is 0.343 e. The summed E-state index contributed by atoms with van der Waals surface area (Å²) in [5.41, 5.74) is 1.90. The van der Waals surface area contributed by atoms with Gasteiger partial charge in [0.05, 0.1) is 6.54 Å². The molecule has 0 N–H and O–H groups in total. The molecule has 0 unspecified atom stereocenters. The number of nitrogens with zero attached hydrogens (tertiary/aromatic N) is 2. The fourth-order valence-corrected chi connectivity index (χ4v) is 3.57. The van der Waals surface area contributed by atoms with E-state index in [9.17, 15) is 9.59 Å². The number of aryl methyl sites for hydroxylation is 1. The lowest BCUT2D eigenvalue weighted by atomic mass is 10.1. The molecule has 0 saturated heterocycles. The molecule has 2 rings (SSSR count). The topological polar surface area (TPSA) is 42.3 Å². The summed E-state index contributed by atoms with van der Waals surface area (Å²) in [5.74, 6) is -0.156. The van der Waals surface area contributed by atoms with Gasteiger partial charge in [-0.15, -0.1) is 11.3 Å². The van der Waals surface area contributed by atoms with E-state index < -0.39 is 0 Å². The van der Waals surface area contributed by atoms with E-state index in [0.717, 1.165) is 11.4 Å². The van der Waals surface area contributed by atoms with Crippen LogP contribution in [0.5, 0.6) is 0 Å². The Kier molecular flexibility index (Phi) is 5.77. The second-order valence-electron chi connectivity index (χ2n) is 5.47. The lowest BCUT2D eigenvalue weighted by molar-refractivity contribution is 0.0769. The highest BCUT2D eigenvalue weighted by Gasteiger charge is 2.22. The van der Waals surface area contributed by atoms with Crippen LogP contribution in [0.15, 0.2) is 28.4 Å². The van der Waals surface area contributed by atoms with Crippen molar-refractivity contribution in [2.24, 2.45) is 0 Å². The number of amides is 1. The second kappa shape index (κ2) is 7.59. The molecular weight excluding hydrogens is 308 g/mol. The van der Waals surface area contributed by atoms with Gasteiger partial charge in [0.15, 0.2) is 5.43 Å². The smallest absolute Gasteiger partial charge is 0.259 e. The summed E-state index contributed by atoms with van der Waals surface area (Å²) in [6.07, 6.45) is 0.657. The van der Waals surface area contributed by atoms with Gasteiger partial charge in [0.25, 0.3) is 5.91 Å². The Labute approximate surface area is 141 Å². The van der Waals surface area contributed by atoms with Gasteiger partial charge in [-0.3, -0.25) is 9.59 Å². The third-order valence-electron chi connectivity index (χ3n) is 4.12. The van der Waals surface area contributed by atoms with Crippen LogP contribution in [0.1, 0.15) is 47.4 Å². The van der Waals surface area contributed by atoms with E-state index in [-0.39, 0.29) is 11.3 Å². The number of pyridine rings is 1. The van der Waals surface area contributed by atoms with Crippen molar-refractivity contribution in [2.45, 2.75) is 40.7 Å². The molecule has 23 heavy (non-hydrogen) atoms. The van der Waals surface area contributed by atoms with Crippen molar-refractivity contribution in [1.82, 2.24) is 9.47 Å². The molecule has 0 aliphatic rings. The second-order valence-corrected chi connectivity index (χ2v) is 6.50. The summed E-state index contributed by atoms with van der Waals surface area (Å²) in [5, 5.41) is 2.04. The number of carbonyl (C=O) groups is 1. The molecule has 124 valence electrons. The number of aromatic nitrogens is 1. The fourth-order valence-electron chi connectivity index (χ4n) is 2.87. The van der Waals surface area contributed by atoms with Gasteiger partial charge in [-0.2, -0.15) is 0 Å². The first kappa shape index (κ1) is 17.5. The lowest BCUT2D eigenvalue weighted by Gasteiger charge is -2.23. The van der Waals surface area contributed by atoms with Crippen LogP contribution in [0.4, 0.5) is 0 Å². The number of carbonyl (C=O) groups excluding carboxylic acids is 1. The first-order chi connectivity index (χ1) is 11.0. The molecule has 4 nitrogen and oxygen atoms in total. The van der Waals surface area contributed by atoms with E-state index in [0.29, 0.717) is 31.6 Å². The minimum atomic E-state index is -0.168. The van der Waals surface area contributed by atoms with Crippen molar-refractivity contribution in [3.05, 3.63) is 55.6 Å². The van der Waals surface area contributed by atoms with E-state index in [4.69, 9.17) is 0 Å². The summed E-state index contributed by atoms with van der Waals surface area (Å²) in [6.45, 7) is 9.72. The van der Waals surface area contributed by atoms with Crippen molar-refractivity contribution in [3.63, 3.8) is 0 Å². The Morgan fingerprint density at radius 1 is 1.26 bits per heavy atom. The highest BCUT2D eigenvalue weighted by molar-refractivity contribution is 7.09. The highest BCUT2D eigenvalue weighted by atomic mass is 32.1. The van der Waals surface area contributed by atoms with E-state index in [1.165, 1.54) is 4.88 Å². The van der Waals surface area contributed by atoms with Crippen LogP contribution in [-0.2, 0) is 13.0 Å². The summed E-state index contributed by atoms with van der Waals surface area (Å²) < 4.78 is 2.10. The van der Waals surface area contributed by atoms with Gasteiger partial charge in [0, 0.05) is 35.4 Å². The van der Waals surface area contributed by atoms with Crippen molar-refractivity contribution < 1.29 is 4.79 Å². The van der Waals surface area contributed by atoms with E-state index in [1.807, 2.05) is 39.1 Å². The third kappa shape index (κ3) is 3.55. The van der Waals surface area contributed by atoms with E-state index >= 15 is 0 Å². The van der Waals surface area contributed by atoms with Crippen LogP contribution in [0.3, 0.4) is 0 Å². The molecule has 5 heteroatoms. The first-order valence-corrected chi connectivity index (χ1v) is 8.96. The van der Waals surface area contributed by atoms with Crippen LogP contribution < -0.4 is 5.43 Å². The molecule has 0 aromatic carbocycles. The van der Waals surface area contributed by atoms with Crippen molar-refractivity contribution in [1.29, 1.82) is 0 Å². The average molecular weight is 332 g/mol. The molecule has 0 saturated carbocycles. The zero-order valence-corrected chi connectivity index (χ0v) is 15.1. The lowest BCUT2D eigenvalue weighted by Crippen LogP contribution is -2.36. The maximum atomic E-state index is 12.8. The molecule has 0 atom stereocenters. The molecule has 0 aliphatic carbocycles. The van der Waals surface area contributed by atoms with Crippen molar-refractivity contribution >= 4 is 17.2 Å². The maximum absolute atomic E-state index is 12.8.